The minimum Gasteiger partial charge on any atom is -0.472 e. The third-order valence-electron chi connectivity index (χ3n) is 4.88. The molecule has 1 aliphatic heterocycles. The van der Waals surface area contributed by atoms with Gasteiger partial charge in [0.2, 0.25) is 5.88 Å². The molecule has 0 fully saturated rings. The predicted molar refractivity (Wildman–Crippen MR) is 115 cm³/mol. The number of allylic oxidation sites excluding steroid dienone is 3. The van der Waals surface area contributed by atoms with Crippen LogP contribution in [0.25, 0.3) is 0 Å². The third kappa shape index (κ3) is 5.89. The average Bonchev–Trinajstić information content (AvgIpc) is 2.71. The van der Waals surface area contributed by atoms with E-state index in [1.54, 1.807) is 0 Å². The molecule has 0 atom stereocenters. The zero-order chi connectivity index (χ0) is 19.8. The van der Waals surface area contributed by atoms with Crippen LogP contribution in [-0.4, -0.2) is 35.3 Å². The van der Waals surface area contributed by atoms with E-state index >= 15 is 0 Å². The Labute approximate surface area is 168 Å². The molecular formula is C24H29N3O. The van der Waals surface area contributed by atoms with E-state index in [-0.39, 0.29) is 0 Å². The maximum absolute atomic E-state index is 5.64. The predicted octanol–water partition coefficient (Wildman–Crippen LogP) is 4.32. The van der Waals surface area contributed by atoms with Crippen molar-refractivity contribution in [3.05, 3.63) is 89.2 Å². The Balaban J connectivity index is 1.49. The van der Waals surface area contributed by atoms with Crippen molar-refractivity contribution in [1.82, 2.24) is 15.1 Å². The second-order valence-corrected chi connectivity index (χ2v) is 7.29. The Kier molecular flexibility index (Phi) is 7.15. The van der Waals surface area contributed by atoms with Gasteiger partial charge in [-0.1, -0.05) is 49.1 Å². The molecule has 3 rings (SSSR count). The van der Waals surface area contributed by atoms with Crippen LogP contribution in [-0.2, 0) is 25.8 Å². The van der Waals surface area contributed by atoms with Crippen LogP contribution in [0.2, 0.25) is 0 Å². The number of aromatic nitrogens is 2. The van der Waals surface area contributed by atoms with E-state index < -0.39 is 0 Å². The number of benzene rings is 1. The van der Waals surface area contributed by atoms with Crippen LogP contribution in [0, 0.1) is 0 Å². The molecule has 1 aromatic carbocycles. The first kappa shape index (κ1) is 20.0. The molecule has 0 saturated carbocycles. The summed E-state index contributed by atoms with van der Waals surface area (Å²) < 4.78 is 5.64. The van der Waals surface area contributed by atoms with Gasteiger partial charge < -0.3 is 9.64 Å². The molecule has 0 amide bonds. The van der Waals surface area contributed by atoms with E-state index in [0.29, 0.717) is 12.5 Å². The zero-order valence-electron chi connectivity index (χ0n) is 16.9. The lowest BCUT2D eigenvalue weighted by atomic mass is 9.96. The summed E-state index contributed by atoms with van der Waals surface area (Å²) in [5, 5.41) is 8.49. The molecule has 0 bridgehead atoms. The monoisotopic (exact) mass is 375 g/mol. The lowest BCUT2D eigenvalue weighted by Gasteiger charge is -2.25. The highest BCUT2D eigenvalue weighted by molar-refractivity contribution is 5.34. The van der Waals surface area contributed by atoms with Crippen molar-refractivity contribution in [2.75, 3.05) is 20.2 Å². The van der Waals surface area contributed by atoms with Gasteiger partial charge in [0.15, 0.2) is 0 Å². The molecule has 0 saturated heterocycles. The number of ether oxygens (including phenoxy) is 1. The normalized spacial score (nSPS) is 14.5. The standard InChI is InChI=1S/C24H29N3O/c1-4-5-6-7-19(2)18-28-24-13-12-23(25-26-24)11-9-20-8-10-21-14-15-27(3)17-22(21)16-20/h4-8,10,12-13,16H,2,9,11,14-15,17-18H2,1,3H3. The smallest absolute Gasteiger partial charge is 0.233 e. The SMILES string of the molecule is C=C(C=CC=CC)COc1ccc(CCc2ccc3c(c2)CN(C)CC3)nn1. The summed E-state index contributed by atoms with van der Waals surface area (Å²) in [4.78, 5) is 2.38. The number of hydrogen-bond donors (Lipinski definition) is 0. The average molecular weight is 376 g/mol. The third-order valence-corrected chi connectivity index (χ3v) is 4.88. The van der Waals surface area contributed by atoms with Crippen LogP contribution in [0.5, 0.6) is 5.88 Å². The van der Waals surface area contributed by atoms with E-state index in [0.717, 1.165) is 43.6 Å². The van der Waals surface area contributed by atoms with Gasteiger partial charge in [0, 0.05) is 19.2 Å². The number of aryl methyl sites for hydroxylation is 2. The molecule has 28 heavy (non-hydrogen) atoms. The second-order valence-electron chi connectivity index (χ2n) is 7.29. The van der Waals surface area contributed by atoms with Crippen LogP contribution in [0.4, 0.5) is 0 Å². The summed E-state index contributed by atoms with van der Waals surface area (Å²) in [5.41, 5.74) is 6.19. The molecule has 4 nitrogen and oxygen atoms in total. The van der Waals surface area contributed by atoms with Gasteiger partial charge in [0.25, 0.3) is 0 Å². The summed E-state index contributed by atoms with van der Waals surface area (Å²) in [6.07, 6.45) is 10.8. The van der Waals surface area contributed by atoms with Crippen LogP contribution < -0.4 is 4.74 Å². The number of nitrogens with zero attached hydrogens (tertiary/aromatic N) is 3. The largest absolute Gasteiger partial charge is 0.472 e. The molecule has 2 heterocycles. The molecule has 0 N–H and O–H groups in total. The maximum Gasteiger partial charge on any atom is 0.233 e. The van der Waals surface area contributed by atoms with E-state index in [1.807, 2.05) is 43.4 Å². The summed E-state index contributed by atoms with van der Waals surface area (Å²) in [7, 11) is 2.18. The molecule has 4 heteroatoms. The molecule has 2 aromatic rings. The van der Waals surface area contributed by atoms with Gasteiger partial charge in [0.1, 0.15) is 6.61 Å². The topological polar surface area (TPSA) is 38.2 Å². The van der Waals surface area contributed by atoms with E-state index in [4.69, 9.17) is 4.74 Å². The minimum absolute atomic E-state index is 0.408. The van der Waals surface area contributed by atoms with Crippen molar-refractivity contribution < 1.29 is 4.74 Å². The van der Waals surface area contributed by atoms with Crippen molar-refractivity contribution >= 4 is 0 Å². The fourth-order valence-electron chi connectivity index (χ4n) is 3.25. The molecule has 0 radical (unpaired) electrons. The Bertz CT molecular complexity index is 853. The van der Waals surface area contributed by atoms with Gasteiger partial charge in [-0.15, -0.1) is 5.10 Å². The first-order valence-electron chi connectivity index (χ1n) is 9.86. The van der Waals surface area contributed by atoms with Crippen LogP contribution >= 0.6 is 0 Å². The van der Waals surface area contributed by atoms with Crippen molar-refractivity contribution in [2.24, 2.45) is 0 Å². The highest BCUT2D eigenvalue weighted by atomic mass is 16.5. The minimum atomic E-state index is 0.408. The molecule has 0 aliphatic carbocycles. The molecule has 1 aliphatic rings. The van der Waals surface area contributed by atoms with Gasteiger partial charge in [-0.25, -0.2) is 0 Å². The van der Waals surface area contributed by atoms with Crippen LogP contribution in [0.15, 0.2) is 66.8 Å². The number of likely N-dealkylation sites (N-methyl/N-ethyl adjacent to an activating group) is 1. The maximum atomic E-state index is 5.64. The van der Waals surface area contributed by atoms with Crippen LogP contribution in [0.1, 0.15) is 29.3 Å². The molecular weight excluding hydrogens is 346 g/mol. The first-order valence-corrected chi connectivity index (χ1v) is 9.86. The van der Waals surface area contributed by atoms with Crippen molar-refractivity contribution in [3.63, 3.8) is 0 Å². The Morgan fingerprint density at radius 1 is 1.14 bits per heavy atom. The van der Waals surface area contributed by atoms with Crippen molar-refractivity contribution in [1.29, 1.82) is 0 Å². The summed E-state index contributed by atoms with van der Waals surface area (Å²) >= 11 is 0. The quantitative estimate of drug-likeness (QED) is 0.644. The van der Waals surface area contributed by atoms with Gasteiger partial charge in [-0.05, 0) is 61.6 Å². The number of hydrogen-bond acceptors (Lipinski definition) is 4. The fourth-order valence-corrected chi connectivity index (χ4v) is 3.25. The molecule has 1 aromatic heterocycles. The van der Waals surface area contributed by atoms with Crippen molar-refractivity contribution in [3.8, 4) is 5.88 Å². The Morgan fingerprint density at radius 3 is 2.82 bits per heavy atom. The van der Waals surface area contributed by atoms with Crippen LogP contribution in [0.3, 0.4) is 0 Å². The number of rotatable bonds is 8. The summed E-state index contributed by atoms with van der Waals surface area (Å²) in [6.45, 7) is 8.54. The Morgan fingerprint density at radius 2 is 2.04 bits per heavy atom. The molecule has 0 unspecified atom stereocenters. The highest BCUT2D eigenvalue weighted by Gasteiger charge is 2.13. The Hall–Kier alpha value is -2.72. The summed E-state index contributed by atoms with van der Waals surface area (Å²) in [5.74, 6) is 0.529. The molecule has 0 spiro atoms. The van der Waals surface area contributed by atoms with Gasteiger partial charge in [-0.3, -0.25) is 0 Å². The van der Waals surface area contributed by atoms with Gasteiger partial charge >= 0.3 is 0 Å². The van der Waals surface area contributed by atoms with Gasteiger partial charge in [0.05, 0.1) is 5.69 Å². The second kappa shape index (κ2) is 10.00. The van der Waals surface area contributed by atoms with Crippen molar-refractivity contribution in [2.45, 2.75) is 32.7 Å². The van der Waals surface area contributed by atoms with E-state index in [2.05, 4.69) is 46.9 Å². The zero-order valence-corrected chi connectivity index (χ0v) is 16.9. The summed E-state index contributed by atoms with van der Waals surface area (Å²) in [6, 6.07) is 10.8. The fraction of sp³-hybridized carbons (Fsp3) is 0.333. The lowest BCUT2D eigenvalue weighted by molar-refractivity contribution is 0.313. The molecule has 146 valence electrons. The lowest BCUT2D eigenvalue weighted by Crippen LogP contribution is -2.26. The highest BCUT2D eigenvalue weighted by Crippen LogP contribution is 2.20. The first-order chi connectivity index (χ1) is 13.6. The van der Waals surface area contributed by atoms with E-state index in [1.165, 1.54) is 16.7 Å². The van der Waals surface area contributed by atoms with Gasteiger partial charge in [-0.2, -0.15) is 5.10 Å². The number of fused-ring (bicyclic) bond motifs is 1. The van der Waals surface area contributed by atoms with E-state index in [9.17, 15) is 0 Å².